The van der Waals surface area contributed by atoms with Crippen LogP contribution in [0.2, 0.25) is 33.2 Å². The van der Waals surface area contributed by atoms with Crippen LogP contribution in [0, 0.1) is 0 Å². The lowest BCUT2D eigenvalue weighted by Crippen LogP contribution is -2.67. The van der Waals surface area contributed by atoms with Gasteiger partial charge in [0, 0.05) is 0 Å². The molecule has 1 fully saturated rings. The first kappa shape index (κ1) is 29.8. The number of amides is 3. The summed E-state index contributed by atoms with van der Waals surface area (Å²) in [4.78, 5) is 30.2. The Morgan fingerprint density at radius 2 is 1.03 bits per heavy atom. The number of carbonyl (C=O) groups is 2. The molecule has 1 aromatic carbocycles. The van der Waals surface area contributed by atoms with Gasteiger partial charge >= 0.3 is 6.03 Å². The molecule has 1 unspecified atom stereocenters. The molecule has 1 aliphatic heterocycles. The van der Waals surface area contributed by atoms with Gasteiger partial charge in [0.1, 0.15) is 5.54 Å². The van der Waals surface area contributed by atoms with E-state index in [2.05, 4.69) is 107 Å². The molecule has 35 heavy (non-hydrogen) atoms. The molecule has 4 nitrogen and oxygen atoms in total. The van der Waals surface area contributed by atoms with Gasteiger partial charge in [-0.25, -0.2) is 4.79 Å². The van der Waals surface area contributed by atoms with Crippen LogP contribution in [-0.4, -0.2) is 37.5 Å². The zero-order valence-electron chi connectivity index (χ0n) is 24.8. The van der Waals surface area contributed by atoms with E-state index >= 15 is 9.59 Å². The molecule has 198 valence electrons. The minimum atomic E-state index is -2.57. The fourth-order valence-electron chi connectivity index (χ4n) is 8.50. The molecule has 2 rings (SSSR count). The van der Waals surface area contributed by atoms with Gasteiger partial charge in [0.05, 0.1) is 0 Å². The van der Waals surface area contributed by atoms with Crippen molar-refractivity contribution in [1.29, 1.82) is 0 Å². The van der Waals surface area contributed by atoms with Crippen LogP contribution >= 0.6 is 0 Å². The van der Waals surface area contributed by atoms with Gasteiger partial charge in [0.25, 0.3) is 5.91 Å². The molecule has 0 spiro atoms. The molecule has 1 heterocycles. The summed E-state index contributed by atoms with van der Waals surface area (Å²) >= 11 is 0. The number of urea groups is 1. The Morgan fingerprint density at radius 3 is 1.34 bits per heavy atom. The van der Waals surface area contributed by atoms with E-state index in [0.717, 1.165) is 5.56 Å². The molecule has 0 radical (unpaired) electrons. The summed E-state index contributed by atoms with van der Waals surface area (Å²) in [7, 11) is -5.09. The second-order valence-corrected chi connectivity index (χ2v) is 23.9. The summed E-state index contributed by atoms with van der Waals surface area (Å²) in [6.45, 7) is 29.3. The van der Waals surface area contributed by atoms with E-state index in [9.17, 15) is 0 Å². The van der Waals surface area contributed by atoms with Gasteiger partial charge in [-0.05, 0) is 45.2 Å². The van der Waals surface area contributed by atoms with Crippen LogP contribution in [0.25, 0.3) is 0 Å². The Morgan fingerprint density at radius 1 is 0.657 bits per heavy atom. The lowest BCUT2D eigenvalue weighted by atomic mass is 9.87. The van der Waals surface area contributed by atoms with Gasteiger partial charge < -0.3 is 4.57 Å². The number of hydrogen-bond donors (Lipinski definition) is 0. The predicted octanol–water partition coefficient (Wildman–Crippen LogP) is 8.91. The average Bonchev–Trinajstić information content (AvgIpc) is 2.97. The highest BCUT2D eigenvalue weighted by atomic mass is 28.3. The fourth-order valence-corrected chi connectivity index (χ4v) is 22.1. The summed E-state index contributed by atoms with van der Waals surface area (Å²) in [5.41, 5.74) is 1.81. The second-order valence-electron chi connectivity index (χ2n) is 12.5. The van der Waals surface area contributed by atoms with Gasteiger partial charge in [0.2, 0.25) is 0 Å². The lowest BCUT2D eigenvalue weighted by Gasteiger charge is -2.54. The Hall–Kier alpha value is -1.41. The van der Waals surface area contributed by atoms with Crippen LogP contribution in [0.1, 0.15) is 102 Å². The Bertz CT molecular complexity index is 852. The summed E-state index contributed by atoms with van der Waals surface area (Å²) in [5.74, 6) is 0.0396. The number of hydrogen-bond acceptors (Lipinski definition) is 2. The van der Waals surface area contributed by atoms with Crippen molar-refractivity contribution < 1.29 is 9.59 Å². The van der Waals surface area contributed by atoms with Crippen molar-refractivity contribution >= 4 is 28.4 Å². The summed E-state index contributed by atoms with van der Waals surface area (Å²) in [5, 5.41) is 0. The molecule has 1 aromatic rings. The topological polar surface area (TPSA) is 40.6 Å². The molecule has 0 saturated carbocycles. The van der Waals surface area contributed by atoms with Gasteiger partial charge in [0.15, 0.2) is 16.5 Å². The number of nitrogens with zero attached hydrogens (tertiary/aromatic N) is 2. The van der Waals surface area contributed by atoms with E-state index in [4.69, 9.17) is 0 Å². The van der Waals surface area contributed by atoms with Crippen molar-refractivity contribution in [1.82, 2.24) is 9.13 Å². The maximum Gasteiger partial charge on any atom is 0.311 e. The first-order valence-corrected chi connectivity index (χ1v) is 18.2. The third-order valence-electron chi connectivity index (χ3n) is 9.41. The Balaban J connectivity index is 3.12. The van der Waals surface area contributed by atoms with Crippen LogP contribution in [0.3, 0.4) is 0 Å². The molecule has 0 aliphatic carbocycles. The summed E-state index contributed by atoms with van der Waals surface area (Å²) in [6, 6.07) is 10.2. The third kappa shape index (κ3) is 3.98. The van der Waals surface area contributed by atoms with Gasteiger partial charge in [-0.15, -0.1) is 0 Å². The molecular weight excluding hydrogens is 465 g/mol. The molecule has 0 N–H and O–H groups in total. The first-order chi connectivity index (χ1) is 16.1. The molecule has 1 aliphatic rings. The smallest absolute Gasteiger partial charge is 0.311 e. The highest BCUT2D eigenvalue weighted by Crippen LogP contribution is 2.57. The molecule has 1 saturated heterocycles. The first-order valence-electron chi connectivity index (χ1n) is 13.9. The molecular formula is C29H52N2O2Si2. The van der Waals surface area contributed by atoms with E-state index in [0.29, 0.717) is 23.0 Å². The standard InChI is InChI=1S/C29H52N2O2Si2/c1-14-29(26-18-16-15-17-19-26)27(32)30(34(20(2)3,21(4)5)22(6)7)28(33)31(29)35(23(8)9,24(10)11)25(12)13/h15-25H,14H2,1-13H3. The van der Waals surface area contributed by atoms with Crippen molar-refractivity contribution in [2.75, 3.05) is 0 Å². The van der Waals surface area contributed by atoms with Crippen molar-refractivity contribution in [3.63, 3.8) is 0 Å². The summed E-state index contributed by atoms with van der Waals surface area (Å²) < 4.78 is 4.14. The fraction of sp³-hybridized carbons (Fsp3) is 0.724. The predicted molar refractivity (Wildman–Crippen MR) is 155 cm³/mol. The lowest BCUT2D eigenvalue weighted by molar-refractivity contribution is -0.130. The van der Waals surface area contributed by atoms with Crippen molar-refractivity contribution in [3.8, 4) is 0 Å². The molecule has 0 bridgehead atoms. The van der Waals surface area contributed by atoms with Gasteiger partial charge in [-0.1, -0.05) is 120 Å². The third-order valence-corrected chi connectivity index (χ3v) is 23.0. The Kier molecular flexibility index (Phi) is 8.97. The van der Waals surface area contributed by atoms with Crippen molar-refractivity contribution in [2.24, 2.45) is 0 Å². The minimum absolute atomic E-state index is 0.00577. The molecule has 3 amide bonds. The largest absolute Gasteiger partial charge is 0.334 e. The van der Waals surface area contributed by atoms with Crippen LogP contribution in [0.15, 0.2) is 30.3 Å². The monoisotopic (exact) mass is 516 g/mol. The van der Waals surface area contributed by atoms with Crippen molar-refractivity contribution in [3.05, 3.63) is 35.9 Å². The van der Waals surface area contributed by atoms with Crippen LogP contribution < -0.4 is 0 Å². The maximum absolute atomic E-state index is 15.1. The molecule has 6 heteroatoms. The minimum Gasteiger partial charge on any atom is -0.334 e. The SMILES string of the molecule is CCC1(c2ccccc2)C(=O)N([Si](C(C)C)(C(C)C)C(C)C)C(=O)N1[Si](C(C)C)(C(C)C)C(C)C. The molecule has 1 atom stereocenters. The summed E-state index contributed by atoms with van der Waals surface area (Å²) in [6.07, 6.45) is 0.595. The normalized spacial score (nSPS) is 20.2. The highest BCUT2D eigenvalue weighted by molar-refractivity contribution is 6.88. The van der Waals surface area contributed by atoms with Crippen molar-refractivity contribution in [2.45, 2.75) is 135 Å². The van der Waals surface area contributed by atoms with Gasteiger partial charge in [-0.3, -0.25) is 9.36 Å². The highest BCUT2D eigenvalue weighted by Gasteiger charge is 2.70. The van der Waals surface area contributed by atoms with E-state index in [1.54, 1.807) is 0 Å². The van der Waals surface area contributed by atoms with E-state index in [1.807, 2.05) is 22.8 Å². The van der Waals surface area contributed by atoms with E-state index in [-0.39, 0.29) is 28.6 Å². The quantitative estimate of drug-likeness (QED) is 0.230. The van der Waals surface area contributed by atoms with Crippen LogP contribution in [-0.2, 0) is 10.3 Å². The van der Waals surface area contributed by atoms with Crippen LogP contribution in [0.5, 0.6) is 0 Å². The van der Waals surface area contributed by atoms with E-state index < -0.39 is 22.0 Å². The van der Waals surface area contributed by atoms with E-state index in [1.165, 1.54) is 0 Å². The zero-order chi connectivity index (χ0) is 27.1. The number of imide groups is 1. The number of benzene rings is 1. The Labute approximate surface area is 218 Å². The average molecular weight is 517 g/mol. The van der Waals surface area contributed by atoms with Crippen LogP contribution in [0.4, 0.5) is 4.79 Å². The second kappa shape index (κ2) is 10.5. The molecule has 0 aromatic heterocycles. The maximum atomic E-state index is 15.1. The van der Waals surface area contributed by atoms with Gasteiger partial charge in [-0.2, -0.15) is 0 Å². The zero-order valence-corrected chi connectivity index (χ0v) is 26.8. The number of carbonyl (C=O) groups excluding carboxylic acids is 2. The number of rotatable bonds is 10.